The fraction of sp³-hybridized carbons (Fsp3) is 0.938. The molecule has 118 valence electrons. The Balaban J connectivity index is 2.42. The number of hydrogen-bond acceptors (Lipinski definition) is 3. The topological polar surface area (TPSA) is 44.4 Å². The van der Waals surface area contributed by atoms with E-state index < -0.39 is 0 Å². The Kier molecular flexibility index (Phi) is 6.96. The van der Waals surface area contributed by atoms with E-state index in [-0.39, 0.29) is 11.4 Å². The fourth-order valence-electron chi connectivity index (χ4n) is 2.84. The van der Waals surface area contributed by atoms with E-state index >= 15 is 0 Å². The number of carbonyl (C=O) groups is 1. The molecule has 0 spiro atoms. The van der Waals surface area contributed by atoms with Crippen LogP contribution in [0.25, 0.3) is 0 Å². The van der Waals surface area contributed by atoms with Gasteiger partial charge in [-0.05, 0) is 59.0 Å². The average molecular weight is 283 g/mol. The first-order valence-electron chi connectivity index (χ1n) is 8.14. The molecule has 1 aliphatic heterocycles. The molecule has 0 aromatic carbocycles. The van der Waals surface area contributed by atoms with E-state index in [4.69, 9.17) is 0 Å². The Morgan fingerprint density at radius 1 is 1.40 bits per heavy atom. The van der Waals surface area contributed by atoms with Crippen molar-refractivity contribution in [1.29, 1.82) is 0 Å². The summed E-state index contributed by atoms with van der Waals surface area (Å²) in [6.07, 6.45) is 3.43. The smallest absolute Gasteiger partial charge is 0.234 e. The number of piperidine rings is 1. The van der Waals surface area contributed by atoms with Crippen LogP contribution in [0.4, 0.5) is 0 Å². The predicted molar refractivity (Wildman–Crippen MR) is 84.8 cm³/mol. The molecule has 0 radical (unpaired) electrons. The minimum atomic E-state index is -0.0939. The van der Waals surface area contributed by atoms with Crippen molar-refractivity contribution in [3.8, 4) is 0 Å². The highest BCUT2D eigenvalue weighted by atomic mass is 16.2. The first-order chi connectivity index (χ1) is 9.38. The Bertz CT molecular complexity index is 304. The predicted octanol–water partition coefficient (Wildman–Crippen LogP) is 2.00. The van der Waals surface area contributed by atoms with Gasteiger partial charge in [0.2, 0.25) is 5.91 Å². The van der Waals surface area contributed by atoms with E-state index in [1.165, 1.54) is 12.8 Å². The number of nitrogens with zero attached hydrogens (tertiary/aromatic N) is 1. The molecular formula is C16H33N3O. The molecule has 4 heteroatoms. The van der Waals surface area contributed by atoms with Crippen LogP contribution < -0.4 is 10.6 Å². The molecular weight excluding hydrogens is 250 g/mol. The summed E-state index contributed by atoms with van der Waals surface area (Å²) in [7, 11) is 0. The molecule has 0 bridgehead atoms. The molecule has 0 aromatic rings. The SMILES string of the molecule is CCNC(C)C1CCCN(CC(=O)NC(C)(C)CC)C1. The van der Waals surface area contributed by atoms with Crippen LogP contribution in [0.2, 0.25) is 0 Å². The maximum Gasteiger partial charge on any atom is 0.234 e. The normalized spacial score (nSPS) is 22.6. The molecule has 1 saturated heterocycles. The molecule has 1 heterocycles. The number of likely N-dealkylation sites (tertiary alicyclic amines) is 1. The summed E-state index contributed by atoms with van der Waals surface area (Å²) in [5.74, 6) is 0.823. The first-order valence-corrected chi connectivity index (χ1v) is 8.14. The van der Waals surface area contributed by atoms with Gasteiger partial charge in [-0.15, -0.1) is 0 Å². The van der Waals surface area contributed by atoms with Crippen molar-refractivity contribution in [1.82, 2.24) is 15.5 Å². The second-order valence-corrected chi connectivity index (χ2v) is 6.77. The molecule has 2 atom stereocenters. The Morgan fingerprint density at radius 3 is 2.70 bits per heavy atom. The van der Waals surface area contributed by atoms with Gasteiger partial charge in [-0.1, -0.05) is 13.8 Å². The number of carbonyl (C=O) groups excluding carboxylic acids is 1. The van der Waals surface area contributed by atoms with Crippen LogP contribution in [0, 0.1) is 5.92 Å². The second kappa shape index (κ2) is 7.99. The Morgan fingerprint density at radius 2 is 2.10 bits per heavy atom. The largest absolute Gasteiger partial charge is 0.350 e. The van der Waals surface area contributed by atoms with Crippen LogP contribution in [0.1, 0.15) is 53.9 Å². The summed E-state index contributed by atoms with van der Waals surface area (Å²) >= 11 is 0. The molecule has 1 rings (SSSR count). The third kappa shape index (κ3) is 5.80. The summed E-state index contributed by atoms with van der Waals surface area (Å²) in [5, 5.41) is 6.64. The zero-order chi connectivity index (χ0) is 15.2. The van der Waals surface area contributed by atoms with Crippen molar-refractivity contribution in [2.75, 3.05) is 26.2 Å². The molecule has 0 aromatic heterocycles. The van der Waals surface area contributed by atoms with Crippen LogP contribution in [-0.2, 0) is 4.79 Å². The fourth-order valence-corrected chi connectivity index (χ4v) is 2.84. The Hall–Kier alpha value is -0.610. The van der Waals surface area contributed by atoms with Crippen LogP contribution in [0.5, 0.6) is 0 Å². The van der Waals surface area contributed by atoms with Crippen molar-refractivity contribution in [2.24, 2.45) is 5.92 Å². The molecule has 20 heavy (non-hydrogen) atoms. The van der Waals surface area contributed by atoms with E-state index in [0.29, 0.717) is 18.5 Å². The van der Waals surface area contributed by atoms with Crippen LogP contribution in [0.3, 0.4) is 0 Å². The third-order valence-corrected chi connectivity index (χ3v) is 4.50. The highest BCUT2D eigenvalue weighted by molar-refractivity contribution is 5.78. The standard InChI is InChI=1S/C16H33N3O/c1-6-16(4,5)18-15(20)12-19-10-8-9-14(11-19)13(3)17-7-2/h13-14,17H,6-12H2,1-5H3,(H,18,20). The highest BCUT2D eigenvalue weighted by Crippen LogP contribution is 2.19. The van der Waals surface area contributed by atoms with Crippen molar-refractivity contribution in [3.05, 3.63) is 0 Å². The third-order valence-electron chi connectivity index (χ3n) is 4.50. The highest BCUT2D eigenvalue weighted by Gasteiger charge is 2.26. The van der Waals surface area contributed by atoms with Gasteiger partial charge in [0, 0.05) is 18.1 Å². The van der Waals surface area contributed by atoms with Gasteiger partial charge >= 0.3 is 0 Å². The van der Waals surface area contributed by atoms with Crippen molar-refractivity contribution in [3.63, 3.8) is 0 Å². The van der Waals surface area contributed by atoms with Crippen molar-refractivity contribution in [2.45, 2.75) is 65.5 Å². The van der Waals surface area contributed by atoms with Crippen molar-refractivity contribution >= 4 is 5.91 Å². The minimum absolute atomic E-state index is 0.0939. The zero-order valence-electron chi connectivity index (χ0n) is 14.0. The van der Waals surface area contributed by atoms with Gasteiger partial charge in [-0.2, -0.15) is 0 Å². The van der Waals surface area contributed by atoms with Crippen molar-refractivity contribution < 1.29 is 4.79 Å². The molecule has 1 amide bonds. The lowest BCUT2D eigenvalue weighted by molar-refractivity contribution is -0.124. The number of amides is 1. The lowest BCUT2D eigenvalue weighted by Crippen LogP contribution is -2.50. The minimum Gasteiger partial charge on any atom is -0.350 e. The maximum absolute atomic E-state index is 12.1. The van der Waals surface area contributed by atoms with E-state index in [0.717, 1.165) is 26.1 Å². The lowest BCUT2D eigenvalue weighted by atomic mass is 9.91. The number of rotatable bonds is 7. The van der Waals surface area contributed by atoms with E-state index in [1.807, 2.05) is 0 Å². The summed E-state index contributed by atoms with van der Waals surface area (Å²) in [6.45, 7) is 14.3. The molecule has 2 N–H and O–H groups in total. The average Bonchev–Trinajstić information content (AvgIpc) is 2.38. The summed E-state index contributed by atoms with van der Waals surface area (Å²) in [6, 6.07) is 0.540. The molecule has 0 saturated carbocycles. The van der Waals surface area contributed by atoms with Gasteiger partial charge in [-0.25, -0.2) is 0 Å². The van der Waals surface area contributed by atoms with Gasteiger partial charge in [0.25, 0.3) is 0 Å². The molecule has 0 aliphatic carbocycles. The van der Waals surface area contributed by atoms with Gasteiger partial charge in [-0.3, -0.25) is 9.69 Å². The van der Waals surface area contributed by atoms with Crippen LogP contribution in [0.15, 0.2) is 0 Å². The summed E-state index contributed by atoms with van der Waals surface area (Å²) in [5.41, 5.74) is -0.0939. The quantitative estimate of drug-likeness (QED) is 0.751. The van der Waals surface area contributed by atoms with E-state index in [2.05, 4.69) is 50.2 Å². The van der Waals surface area contributed by atoms with Gasteiger partial charge in [0.05, 0.1) is 6.54 Å². The number of nitrogens with one attached hydrogen (secondary N) is 2. The molecule has 4 nitrogen and oxygen atoms in total. The van der Waals surface area contributed by atoms with E-state index in [9.17, 15) is 4.79 Å². The number of hydrogen-bond donors (Lipinski definition) is 2. The summed E-state index contributed by atoms with van der Waals surface area (Å²) in [4.78, 5) is 14.4. The van der Waals surface area contributed by atoms with Crippen LogP contribution in [-0.4, -0.2) is 48.6 Å². The van der Waals surface area contributed by atoms with Gasteiger partial charge in [0.1, 0.15) is 0 Å². The molecule has 1 fully saturated rings. The first kappa shape index (κ1) is 17.4. The van der Waals surface area contributed by atoms with Gasteiger partial charge < -0.3 is 10.6 Å². The lowest BCUT2D eigenvalue weighted by Gasteiger charge is -2.36. The summed E-state index contributed by atoms with van der Waals surface area (Å²) < 4.78 is 0. The maximum atomic E-state index is 12.1. The second-order valence-electron chi connectivity index (χ2n) is 6.77. The van der Waals surface area contributed by atoms with Crippen LogP contribution >= 0.6 is 0 Å². The monoisotopic (exact) mass is 283 g/mol. The zero-order valence-corrected chi connectivity index (χ0v) is 14.0. The molecule has 2 unspecified atom stereocenters. The van der Waals surface area contributed by atoms with E-state index in [1.54, 1.807) is 0 Å². The Labute approximate surface area is 124 Å². The molecule has 1 aliphatic rings. The van der Waals surface area contributed by atoms with Gasteiger partial charge in [0.15, 0.2) is 0 Å².